The summed E-state index contributed by atoms with van der Waals surface area (Å²) in [5, 5.41) is 0. The summed E-state index contributed by atoms with van der Waals surface area (Å²) in [5.41, 5.74) is 5.33. The van der Waals surface area contributed by atoms with Crippen molar-refractivity contribution < 1.29 is 0 Å². The highest BCUT2D eigenvalue weighted by atomic mass is 16.1. The van der Waals surface area contributed by atoms with Gasteiger partial charge in [0.2, 0.25) is 0 Å². The molecule has 0 saturated carbocycles. The van der Waals surface area contributed by atoms with E-state index in [1.165, 1.54) is 6.07 Å². The largest absolute Gasteiger partial charge is 0.359 e. The van der Waals surface area contributed by atoms with Gasteiger partial charge in [0, 0.05) is 26.1 Å². The Bertz CT molecular complexity index is 361. The van der Waals surface area contributed by atoms with Crippen LogP contribution in [0, 0.1) is 0 Å². The fourth-order valence-electron chi connectivity index (χ4n) is 1.30. The third kappa shape index (κ3) is 3.36. The normalized spacial score (nSPS) is 10.3. The molecular weight excluding hydrogens is 192 g/mol. The Morgan fingerprint density at radius 2 is 2.33 bits per heavy atom. The summed E-state index contributed by atoms with van der Waals surface area (Å²) in [4.78, 5) is 20.3. The molecule has 84 valence electrons. The number of aromatic nitrogens is 2. The van der Waals surface area contributed by atoms with E-state index in [0.717, 1.165) is 25.2 Å². The topological polar surface area (TPSA) is 75.0 Å². The van der Waals surface area contributed by atoms with E-state index in [-0.39, 0.29) is 5.56 Å². The van der Waals surface area contributed by atoms with E-state index < -0.39 is 0 Å². The maximum Gasteiger partial charge on any atom is 0.252 e. The summed E-state index contributed by atoms with van der Waals surface area (Å²) in [6.45, 7) is 3.42. The maximum atomic E-state index is 11.3. The van der Waals surface area contributed by atoms with Crippen LogP contribution in [0.25, 0.3) is 0 Å². The molecule has 0 radical (unpaired) electrons. The first-order chi connectivity index (χ1) is 7.17. The average Bonchev–Trinajstić information content (AvgIpc) is 2.24. The van der Waals surface area contributed by atoms with Gasteiger partial charge in [0.15, 0.2) is 0 Å². The van der Waals surface area contributed by atoms with Gasteiger partial charge in [-0.05, 0) is 13.0 Å². The summed E-state index contributed by atoms with van der Waals surface area (Å²) >= 11 is 0. The van der Waals surface area contributed by atoms with Crippen molar-refractivity contribution in [3.63, 3.8) is 0 Å². The molecular formula is C10H18N4O. The highest BCUT2D eigenvalue weighted by Crippen LogP contribution is 2.05. The molecule has 0 aliphatic carbocycles. The zero-order chi connectivity index (χ0) is 11.3. The number of H-pyrrole nitrogens is 1. The van der Waals surface area contributed by atoms with Crippen molar-refractivity contribution in [1.82, 2.24) is 9.97 Å². The molecule has 15 heavy (non-hydrogen) atoms. The predicted octanol–water partition coefficient (Wildman–Crippen LogP) is 0.117. The minimum Gasteiger partial charge on any atom is -0.359 e. The molecule has 5 heteroatoms. The van der Waals surface area contributed by atoms with Crippen LogP contribution in [0.4, 0.5) is 5.82 Å². The van der Waals surface area contributed by atoms with Crippen LogP contribution < -0.4 is 16.2 Å². The zero-order valence-corrected chi connectivity index (χ0v) is 9.29. The molecule has 1 aromatic rings. The molecule has 0 saturated heterocycles. The third-order valence-corrected chi connectivity index (χ3v) is 2.20. The molecule has 0 spiro atoms. The lowest BCUT2D eigenvalue weighted by atomic mass is 10.3. The molecule has 1 aromatic heterocycles. The smallest absolute Gasteiger partial charge is 0.252 e. The van der Waals surface area contributed by atoms with Crippen molar-refractivity contribution in [1.29, 1.82) is 0 Å². The van der Waals surface area contributed by atoms with Crippen molar-refractivity contribution in [3.05, 3.63) is 22.2 Å². The fourth-order valence-corrected chi connectivity index (χ4v) is 1.30. The van der Waals surface area contributed by atoms with Crippen molar-refractivity contribution in [2.75, 3.05) is 25.0 Å². The lowest BCUT2D eigenvalue weighted by Crippen LogP contribution is -2.24. The monoisotopic (exact) mass is 210 g/mol. The van der Waals surface area contributed by atoms with Gasteiger partial charge >= 0.3 is 0 Å². The van der Waals surface area contributed by atoms with E-state index in [9.17, 15) is 4.79 Å². The zero-order valence-electron chi connectivity index (χ0n) is 9.29. The lowest BCUT2D eigenvalue weighted by Gasteiger charge is -2.17. The molecule has 0 fully saturated rings. The molecule has 0 atom stereocenters. The van der Waals surface area contributed by atoms with E-state index in [2.05, 4.69) is 9.97 Å². The van der Waals surface area contributed by atoms with E-state index in [1.807, 2.05) is 18.9 Å². The standard InChI is InChI=1S/C10H18N4O/c1-3-8-12-9(7-10(15)13-8)14(2)6-4-5-11/h7H,3-6,11H2,1-2H3,(H,12,13,15). The highest BCUT2D eigenvalue weighted by Gasteiger charge is 2.04. The van der Waals surface area contributed by atoms with Gasteiger partial charge in [-0.25, -0.2) is 4.98 Å². The average molecular weight is 210 g/mol. The molecule has 0 aromatic carbocycles. The minimum atomic E-state index is -0.101. The summed E-state index contributed by atoms with van der Waals surface area (Å²) < 4.78 is 0. The molecule has 0 amide bonds. The van der Waals surface area contributed by atoms with Crippen LogP contribution in [-0.4, -0.2) is 30.1 Å². The van der Waals surface area contributed by atoms with Gasteiger partial charge in [0.25, 0.3) is 5.56 Å². The molecule has 0 bridgehead atoms. The quantitative estimate of drug-likeness (QED) is 0.723. The Balaban J connectivity index is 2.83. The number of hydrogen-bond donors (Lipinski definition) is 2. The number of nitrogens with two attached hydrogens (primary N) is 1. The second-order valence-corrected chi connectivity index (χ2v) is 3.47. The summed E-state index contributed by atoms with van der Waals surface area (Å²) in [6.07, 6.45) is 1.63. The Kier molecular flexibility index (Phi) is 4.30. The van der Waals surface area contributed by atoms with Gasteiger partial charge in [-0.3, -0.25) is 4.79 Å². The molecule has 3 N–H and O–H groups in total. The summed E-state index contributed by atoms with van der Waals surface area (Å²) in [7, 11) is 1.91. The maximum absolute atomic E-state index is 11.3. The molecule has 0 unspecified atom stereocenters. The number of aromatic amines is 1. The number of nitrogens with zero attached hydrogens (tertiary/aromatic N) is 2. The van der Waals surface area contributed by atoms with Crippen LogP contribution in [0.2, 0.25) is 0 Å². The van der Waals surface area contributed by atoms with Gasteiger partial charge < -0.3 is 15.6 Å². The molecule has 0 aliphatic heterocycles. The van der Waals surface area contributed by atoms with Crippen LogP contribution in [0.5, 0.6) is 0 Å². The first kappa shape index (κ1) is 11.7. The molecule has 5 nitrogen and oxygen atoms in total. The number of anilines is 1. The SMILES string of the molecule is CCc1nc(N(C)CCCN)cc(=O)[nH]1. The molecule has 1 heterocycles. The van der Waals surface area contributed by atoms with E-state index in [0.29, 0.717) is 12.4 Å². The van der Waals surface area contributed by atoms with Crippen molar-refractivity contribution in [2.24, 2.45) is 5.73 Å². The Labute approximate surface area is 89.3 Å². The van der Waals surface area contributed by atoms with Crippen LogP contribution in [0.3, 0.4) is 0 Å². The third-order valence-electron chi connectivity index (χ3n) is 2.20. The first-order valence-corrected chi connectivity index (χ1v) is 5.18. The van der Waals surface area contributed by atoms with Gasteiger partial charge in [0.05, 0.1) is 0 Å². The number of nitrogens with one attached hydrogen (secondary N) is 1. The Morgan fingerprint density at radius 1 is 1.60 bits per heavy atom. The lowest BCUT2D eigenvalue weighted by molar-refractivity contribution is 0.776. The van der Waals surface area contributed by atoms with Gasteiger partial charge in [-0.1, -0.05) is 6.92 Å². The van der Waals surface area contributed by atoms with Crippen molar-refractivity contribution >= 4 is 5.82 Å². The van der Waals surface area contributed by atoms with E-state index in [1.54, 1.807) is 0 Å². The molecule has 1 rings (SSSR count). The highest BCUT2D eigenvalue weighted by molar-refractivity contribution is 5.36. The number of hydrogen-bond acceptors (Lipinski definition) is 4. The van der Waals surface area contributed by atoms with E-state index >= 15 is 0 Å². The summed E-state index contributed by atoms with van der Waals surface area (Å²) in [5.74, 6) is 1.43. The molecule has 0 aliphatic rings. The van der Waals surface area contributed by atoms with Gasteiger partial charge in [-0.15, -0.1) is 0 Å². The Morgan fingerprint density at radius 3 is 2.93 bits per heavy atom. The van der Waals surface area contributed by atoms with Crippen LogP contribution >= 0.6 is 0 Å². The van der Waals surface area contributed by atoms with Crippen molar-refractivity contribution in [3.8, 4) is 0 Å². The van der Waals surface area contributed by atoms with Crippen molar-refractivity contribution in [2.45, 2.75) is 19.8 Å². The van der Waals surface area contributed by atoms with Crippen LogP contribution in [0.15, 0.2) is 10.9 Å². The first-order valence-electron chi connectivity index (χ1n) is 5.18. The second kappa shape index (κ2) is 5.50. The summed E-state index contributed by atoms with van der Waals surface area (Å²) in [6, 6.07) is 1.51. The van der Waals surface area contributed by atoms with Gasteiger partial charge in [0.1, 0.15) is 11.6 Å². The number of aryl methyl sites for hydroxylation is 1. The van der Waals surface area contributed by atoms with E-state index in [4.69, 9.17) is 5.73 Å². The van der Waals surface area contributed by atoms with Crippen LogP contribution in [-0.2, 0) is 6.42 Å². The second-order valence-electron chi connectivity index (χ2n) is 3.47. The predicted molar refractivity (Wildman–Crippen MR) is 61.2 cm³/mol. The fraction of sp³-hybridized carbons (Fsp3) is 0.600. The Hall–Kier alpha value is -1.36. The number of rotatable bonds is 5. The van der Waals surface area contributed by atoms with Gasteiger partial charge in [-0.2, -0.15) is 0 Å². The van der Waals surface area contributed by atoms with Crippen LogP contribution in [0.1, 0.15) is 19.2 Å². The minimum absolute atomic E-state index is 0.101.